The predicted octanol–water partition coefficient (Wildman–Crippen LogP) is 2.04. The minimum absolute atomic E-state index is 0.0556. The van der Waals surface area contributed by atoms with E-state index in [1.807, 2.05) is 0 Å². The summed E-state index contributed by atoms with van der Waals surface area (Å²) in [6.45, 7) is 6.49. The molecular formula is C8H18O2. The number of rotatable bonds is 3. The third-order valence-corrected chi connectivity index (χ3v) is 1.30. The molecule has 0 rings (SSSR count). The van der Waals surface area contributed by atoms with Crippen LogP contribution in [0.1, 0.15) is 27.2 Å². The second-order valence-corrected chi connectivity index (χ2v) is 3.67. The lowest BCUT2D eigenvalue weighted by Crippen LogP contribution is -2.21. The first-order valence-corrected chi connectivity index (χ1v) is 3.55. The Morgan fingerprint density at radius 3 is 1.60 bits per heavy atom. The molecule has 0 fully saturated rings. The molecule has 0 aromatic rings. The van der Waals surface area contributed by atoms with Crippen molar-refractivity contribution in [2.24, 2.45) is 5.41 Å². The Bertz CT molecular complexity index is 79.7. The first kappa shape index (κ1) is 9.92. The Labute approximate surface area is 63.5 Å². The van der Waals surface area contributed by atoms with E-state index in [1.54, 1.807) is 14.2 Å². The molecule has 0 radical (unpaired) electrons. The quantitative estimate of drug-likeness (QED) is 0.567. The zero-order chi connectivity index (χ0) is 8.20. The van der Waals surface area contributed by atoms with E-state index in [2.05, 4.69) is 20.8 Å². The summed E-state index contributed by atoms with van der Waals surface area (Å²) in [5.41, 5.74) is 0.274. The van der Waals surface area contributed by atoms with Crippen molar-refractivity contribution in [2.75, 3.05) is 14.2 Å². The van der Waals surface area contributed by atoms with Gasteiger partial charge in [-0.1, -0.05) is 20.8 Å². The summed E-state index contributed by atoms with van der Waals surface area (Å²) >= 11 is 0. The minimum Gasteiger partial charge on any atom is -0.356 e. The lowest BCUT2D eigenvalue weighted by molar-refractivity contribution is -0.120. The first-order valence-electron chi connectivity index (χ1n) is 3.55. The average Bonchev–Trinajstić information content (AvgIpc) is 1.81. The van der Waals surface area contributed by atoms with Crippen molar-refractivity contribution in [2.45, 2.75) is 33.5 Å². The molecule has 0 aliphatic heterocycles. The van der Waals surface area contributed by atoms with Gasteiger partial charge in [-0.15, -0.1) is 0 Å². The van der Waals surface area contributed by atoms with Crippen LogP contribution in [-0.4, -0.2) is 20.5 Å². The summed E-state index contributed by atoms with van der Waals surface area (Å²) in [5, 5.41) is 0. The zero-order valence-electron chi connectivity index (χ0n) is 7.60. The van der Waals surface area contributed by atoms with Crippen LogP contribution in [0.5, 0.6) is 0 Å². The Morgan fingerprint density at radius 2 is 1.50 bits per heavy atom. The van der Waals surface area contributed by atoms with E-state index in [4.69, 9.17) is 9.47 Å². The molecule has 0 unspecified atom stereocenters. The SMILES string of the molecule is COC(CC(C)(C)C)OC. The molecule has 0 N–H and O–H groups in total. The van der Waals surface area contributed by atoms with Crippen molar-refractivity contribution in [3.05, 3.63) is 0 Å². The lowest BCUT2D eigenvalue weighted by atomic mass is 9.92. The molecule has 0 atom stereocenters. The molecule has 0 bridgehead atoms. The van der Waals surface area contributed by atoms with Gasteiger partial charge in [0.15, 0.2) is 6.29 Å². The topological polar surface area (TPSA) is 18.5 Å². The molecule has 10 heavy (non-hydrogen) atoms. The van der Waals surface area contributed by atoms with E-state index >= 15 is 0 Å². The maximum absolute atomic E-state index is 5.05. The molecular weight excluding hydrogens is 128 g/mol. The molecule has 62 valence electrons. The van der Waals surface area contributed by atoms with Gasteiger partial charge in [0.25, 0.3) is 0 Å². The van der Waals surface area contributed by atoms with Crippen molar-refractivity contribution in [3.63, 3.8) is 0 Å². The number of hydrogen-bond acceptors (Lipinski definition) is 2. The smallest absolute Gasteiger partial charge is 0.157 e. The summed E-state index contributed by atoms with van der Waals surface area (Å²) in [5.74, 6) is 0. The fourth-order valence-corrected chi connectivity index (χ4v) is 0.763. The van der Waals surface area contributed by atoms with Crippen LogP contribution in [0.25, 0.3) is 0 Å². The number of hydrogen-bond donors (Lipinski definition) is 0. The highest BCUT2D eigenvalue weighted by molar-refractivity contribution is 4.62. The Morgan fingerprint density at radius 1 is 1.10 bits per heavy atom. The van der Waals surface area contributed by atoms with Gasteiger partial charge in [-0.05, 0) is 5.41 Å². The maximum Gasteiger partial charge on any atom is 0.157 e. The molecule has 0 amide bonds. The zero-order valence-corrected chi connectivity index (χ0v) is 7.60. The summed E-state index contributed by atoms with van der Waals surface area (Å²) in [6, 6.07) is 0. The molecule has 0 aliphatic carbocycles. The van der Waals surface area contributed by atoms with Gasteiger partial charge in [0, 0.05) is 20.6 Å². The van der Waals surface area contributed by atoms with Gasteiger partial charge >= 0.3 is 0 Å². The van der Waals surface area contributed by atoms with Crippen LogP contribution in [0, 0.1) is 5.41 Å². The lowest BCUT2D eigenvalue weighted by Gasteiger charge is -2.23. The molecule has 0 aromatic heterocycles. The van der Waals surface area contributed by atoms with Crippen molar-refractivity contribution in [1.82, 2.24) is 0 Å². The molecule has 0 saturated carbocycles. The normalized spacial score (nSPS) is 12.6. The van der Waals surface area contributed by atoms with Crippen LogP contribution in [0.4, 0.5) is 0 Å². The van der Waals surface area contributed by atoms with Gasteiger partial charge in [-0.3, -0.25) is 0 Å². The highest BCUT2D eigenvalue weighted by atomic mass is 16.7. The van der Waals surface area contributed by atoms with Gasteiger partial charge in [0.2, 0.25) is 0 Å². The van der Waals surface area contributed by atoms with Crippen molar-refractivity contribution < 1.29 is 9.47 Å². The van der Waals surface area contributed by atoms with Gasteiger partial charge in [0.05, 0.1) is 0 Å². The van der Waals surface area contributed by atoms with Gasteiger partial charge in [0.1, 0.15) is 0 Å². The van der Waals surface area contributed by atoms with Gasteiger partial charge in [-0.25, -0.2) is 0 Å². The Hall–Kier alpha value is -0.0800. The number of methoxy groups -OCH3 is 2. The monoisotopic (exact) mass is 146 g/mol. The minimum atomic E-state index is -0.0556. The van der Waals surface area contributed by atoms with E-state index < -0.39 is 0 Å². The highest BCUT2D eigenvalue weighted by Gasteiger charge is 2.17. The molecule has 0 saturated heterocycles. The van der Waals surface area contributed by atoms with E-state index in [0.717, 1.165) is 6.42 Å². The molecule has 0 aromatic carbocycles. The van der Waals surface area contributed by atoms with Crippen LogP contribution in [0.15, 0.2) is 0 Å². The second-order valence-electron chi connectivity index (χ2n) is 3.67. The third-order valence-electron chi connectivity index (χ3n) is 1.30. The maximum atomic E-state index is 5.05. The molecule has 2 heteroatoms. The standard InChI is InChI=1S/C8H18O2/c1-8(2,3)6-7(9-4)10-5/h7H,6H2,1-5H3. The molecule has 2 nitrogen and oxygen atoms in total. The summed E-state index contributed by atoms with van der Waals surface area (Å²) in [6.07, 6.45) is 0.875. The van der Waals surface area contributed by atoms with Crippen LogP contribution in [0.2, 0.25) is 0 Å². The van der Waals surface area contributed by atoms with Crippen molar-refractivity contribution >= 4 is 0 Å². The molecule has 0 spiro atoms. The fourth-order valence-electron chi connectivity index (χ4n) is 0.763. The van der Waals surface area contributed by atoms with E-state index in [9.17, 15) is 0 Å². The average molecular weight is 146 g/mol. The van der Waals surface area contributed by atoms with E-state index in [1.165, 1.54) is 0 Å². The van der Waals surface area contributed by atoms with Gasteiger partial charge < -0.3 is 9.47 Å². The molecule has 0 aliphatic rings. The Kier molecular flexibility index (Phi) is 3.91. The summed E-state index contributed by atoms with van der Waals surface area (Å²) in [7, 11) is 3.33. The van der Waals surface area contributed by atoms with E-state index in [-0.39, 0.29) is 11.7 Å². The van der Waals surface area contributed by atoms with Gasteiger partial charge in [-0.2, -0.15) is 0 Å². The molecule has 0 heterocycles. The second kappa shape index (κ2) is 3.94. The summed E-state index contributed by atoms with van der Waals surface area (Å²) in [4.78, 5) is 0. The largest absolute Gasteiger partial charge is 0.356 e. The summed E-state index contributed by atoms with van der Waals surface area (Å²) < 4.78 is 10.1. The van der Waals surface area contributed by atoms with Crippen LogP contribution in [-0.2, 0) is 9.47 Å². The van der Waals surface area contributed by atoms with Crippen LogP contribution >= 0.6 is 0 Å². The number of ether oxygens (including phenoxy) is 2. The van der Waals surface area contributed by atoms with Crippen LogP contribution < -0.4 is 0 Å². The van der Waals surface area contributed by atoms with Crippen molar-refractivity contribution in [3.8, 4) is 0 Å². The van der Waals surface area contributed by atoms with Crippen molar-refractivity contribution in [1.29, 1.82) is 0 Å². The predicted molar refractivity (Wildman–Crippen MR) is 41.9 cm³/mol. The fraction of sp³-hybridized carbons (Fsp3) is 1.00. The van der Waals surface area contributed by atoms with Crippen LogP contribution in [0.3, 0.4) is 0 Å². The highest BCUT2D eigenvalue weighted by Crippen LogP contribution is 2.21. The first-order chi connectivity index (χ1) is 4.49. The third kappa shape index (κ3) is 4.77. The Balaban J connectivity index is 3.63. The van der Waals surface area contributed by atoms with E-state index in [0.29, 0.717) is 0 Å².